The van der Waals surface area contributed by atoms with Crippen molar-refractivity contribution in [1.29, 1.82) is 0 Å². The van der Waals surface area contributed by atoms with Crippen LogP contribution < -0.4 is 15.2 Å². The van der Waals surface area contributed by atoms with Crippen LogP contribution in [0.2, 0.25) is 0 Å². The number of benzene rings is 1. The molecule has 15 heavy (non-hydrogen) atoms. The Morgan fingerprint density at radius 2 is 2.00 bits per heavy atom. The van der Waals surface area contributed by atoms with Gasteiger partial charge in [-0.3, -0.25) is 0 Å². The molecule has 1 aliphatic heterocycles. The van der Waals surface area contributed by atoms with E-state index in [-0.39, 0.29) is 24.0 Å². The number of hydrogen-bond donors (Lipinski definition) is 1. The highest BCUT2D eigenvalue weighted by atomic mass is 35.5. The van der Waals surface area contributed by atoms with Gasteiger partial charge in [0, 0.05) is 0 Å². The molecule has 0 aromatic heterocycles. The predicted octanol–water partition coefficient (Wildman–Crippen LogP) is 1.52. The van der Waals surface area contributed by atoms with Crippen molar-refractivity contribution in [3.8, 4) is 11.5 Å². The van der Waals surface area contributed by atoms with Gasteiger partial charge in [0.05, 0.1) is 0 Å². The molecule has 0 spiro atoms. The summed E-state index contributed by atoms with van der Waals surface area (Å²) in [5, 5.41) is 0. The van der Waals surface area contributed by atoms with E-state index in [4.69, 9.17) is 15.2 Å². The summed E-state index contributed by atoms with van der Waals surface area (Å²) in [7, 11) is 0. The van der Waals surface area contributed by atoms with Crippen molar-refractivity contribution in [2.45, 2.75) is 6.42 Å². The second kappa shape index (κ2) is 5.19. The van der Waals surface area contributed by atoms with Gasteiger partial charge in [0.25, 0.3) is 0 Å². The molecule has 2 N–H and O–H groups in total. The van der Waals surface area contributed by atoms with Crippen molar-refractivity contribution >= 4 is 12.4 Å². The molecular formula is C10H13ClFNO2. The summed E-state index contributed by atoms with van der Waals surface area (Å²) in [6, 6.07) is 3.23. The van der Waals surface area contributed by atoms with Crippen LogP contribution in [0, 0.1) is 5.82 Å². The number of nitrogens with two attached hydrogens (primary N) is 1. The third-order valence-electron chi connectivity index (χ3n) is 2.09. The van der Waals surface area contributed by atoms with Crippen molar-refractivity contribution in [3.05, 3.63) is 23.5 Å². The van der Waals surface area contributed by atoms with E-state index in [1.165, 1.54) is 6.07 Å². The average molecular weight is 234 g/mol. The molecule has 1 aromatic carbocycles. The van der Waals surface area contributed by atoms with Gasteiger partial charge in [-0.2, -0.15) is 0 Å². The Hall–Kier alpha value is -1.00. The van der Waals surface area contributed by atoms with Crippen molar-refractivity contribution in [2.75, 3.05) is 19.8 Å². The maximum Gasteiger partial charge on any atom is 0.197 e. The van der Waals surface area contributed by atoms with Gasteiger partial charge in [0.15, 0.2) is 17.3 Å². The quantitative estimate of drug-likeness (QED) is 0.843. The summed E-state index contributed by atoms with van der Waals surface area (Å²) in [6.45, 7) is 1.37. The van der Waals surface area contributed by atoms with Gasteiger partial charge < -0.3 is 15.2 Å². The van der Waals surface area contributed by atoms with Crippen molar-refractivity contribution in [2.24, 2.45) is 5.73 Å². The number of fused-ring (bicyclic) bond motifs is 1. The van der Waals surface area contributed by atoms with E-state index in [9.17, 15) is 4.39 Å². The standard InChI is InChI=1S/C10H12FNO2.ClH/c11-8-5-7(1-2-12)6-9-10(8)14-4-3-13-9;/h5-6H,1-4,12H2;1H. The van der Waals surface area contributed by atoms with E-state index >= 15 is 0 Å². The number of ether oxygens (including phenoxy) is 2. The SMILES string of the molecule is Cl.NCCc1cc(F)c2c(c1)OCCO2. The van der Waals surface area contributed by atoms with Crippen LogP contribution >= 0.6 is 12.4 Å². The van der Waals surface area contributed by atoms with Crippen molar-refractivity contribution in [3.63, 3.8) is 0 Å². The van der Waals surface area contributed by atoms with E-state index in [1.807, 2.05) is 0 Å². The van der Waals surface area contributed by atoms with Gasteiger partial charge in [-0.05, 0) is 30.7 Å². The molecule has 0 aliphatic carbocycles. The zero-order valence-corrected chi connectivity index (χ0v) is 8.98. The molecule has 0 radical (unpaired) electrons. The summed E-state index contributed by atoms with van der Waals surface area (Å²) in [5.41, 5.74) is 6.23. The van der Waals surface area contributed by atoms with Crippen LogP contribution in [0.3, 0.4) is 0 Å². The molecule has 1 aromatic rings. The van der Waals surface area contributed by atoms with Crippen molar-refractivity contribution in [1.82, 2.24) is 0 Å². The summed E-state index contributed by atoms with van der Waals surface area (Å²) >= 11 is 0. The van der Waals surface area contributed by atoms with Gasteiger partial charge in [-0.25, -0.2) is 4.39 Å². The molecule has 5 heteroatoms. The lowest BCUT2D eigenvalue weighted by Gasteiger charge is -2.19. The highest BCUT2D eigenvalue weighted by Gasteiger charge is 2.17. The second-order valence-electron chi connectivity index (χ2n) is 3.14. The van der Waals surface area contributed by atoms with Crippen LogP contribution in [0.1, 0.15) is 5.56 Å². The lowest BCUT2D eigenvalue weighted by atomic mass is 10.1. The molecule has 1 heterocycles. The van der Waals surface area contributed by atoms with Gasteiger partial charge >= 0.3 is 0 Å². The smallest absolute Gasteiger partial charge is 0.197 e. The van der Waals surface area contributed by atoms with Gasteiger partial charge in [0.2, 0.25) is 0 Å². The fourth-order valence-corrected chi connectivity index (χ4v) is 1.48. The zero-order valence-electron chi connectivity index (χ0n) is 8.16. The van der Waals surface area contributed by atoms with Crippen LogP contribution in [-0.2, 0) is 6.42 Å². The van der Waals surface area contributed by atoms with Crippen molar-refractivity contribution < 1.29 is 13.9 Å². The maximum atomic E-state index is 13.4. The number of hydrogen-bond acceptors (Lipinski definition) is 3. The summed E-state index contributed by atoms with van der Waals surface area (Å²) in [5.74, 6) is 0.336. The van der Waals surface area contributed by atoms with E-state index in [0.717, 1.165) is 5.56 Å². The minimum atomic E-state index is -0.370. The highest BCUT2D eigenvalue weighted by Crippen LogP contribution is 2.33. The average Bonchev–Trinajstić information content (AvgIpc) is 2.18. The first kappa shape index (κ1) is 12.1. The number of halogens is 2. The summed E-state index contributed by atoms with van der Waals surface area (Å²) < 4.78 is 23.9. The van der Waals surface area contributed by atoms with Gasteiger partial charge in [-0.15, -0.1) is 12.4 Å². The Kier molecular flexibility index (Phi) is 4.17. The molecule has 3 nitrogen and oxygen atoms in total. The Labute approximate surface area is 93.8 Å². The largest absolute Gasteiger partial charge is 0.486 e. The summed E-state index contributed by atoms with van der Waals surface area (Å²) in [4.78, 5) is 0. The maximum absolute atomic E-state index is 13.4. The Balaban J connectivity index is 0.00000112. The van der Waals surface area contributed by atoms with Crippen LogP contribution in [0.25, 0.3) is 0 Å². The molecule has 0 atom stereocenters. The molecule has 0 fully saturated rings. The van der Waals surface area contributed by atoms with E-state index in [2.05, 4.69) is 0 Å². The first-order valence-corrected chi connectivity index (χ1v) is 4.59. The molecule has 2 rings (SSSR count). The molecule has 0 saturated heterocycles. The van der Waals surface area contributed by atoms with Crippen LogP contribution in [0.4, 0.5) is 4.39 Å². The normalized spacial score (nSPS) is 13.2. The van der Waals surface area contributed by atoms with E-state index in [1.54, 1.807) is 6.07 Å². The highest BCUT2D eigenvalue weighted by molar-refractivity contribution is 5.85. The lowest BCUT2D eigenvalue weighted by Crippen LogP contribution is -2.17. The Morgan fingerprint density at radius 3 is 2.73 bits per heavy atom. The van der Waals surface area contributed by atoms with Gasteiger partial charge in [-0.1, -0.05) is 0 Å². The van der Waals surface area contributed by atoms with E-state index in [0.29, 0.717) is 31.9 Å². The molecule has 1 aliphatic rings. The summed E-state index contributed by atoms with van der Waals surface area (Å²) in [6.07, 6.45) is 0.646. The lowest BCUT2D eigenvalue weighted by molar-refractivity contribution is 0.164. The Bertz CT molecular complexity index is 346. The molecule has 84 valence electrons. The Morgan fingerprint density at radius 1 is 1.27 bits per heavy atom. The second-order valence-corrected chi connectivity index (χ2v) is 3.14. The van der Waals surface area contributed by atoms with Crippen LogP contribution in [0.15, 0.2) is 12.1 Å². The molecular weight excluding hydrogens is 221 g/mol. The van der Waals surface area contributed by atoms with Crippen LogP contribution in [-0.4, -0.2) is 19.8 Å². The molecule has 0 saturated carbocycles. The minimum absolute atomic E-state index is 0. The third kappa shape index (κ3) is 2.52. The first-order chi connectivity index (χ1) is 6.81. The molecule has 0 unspecified atom stereocenters. The first-order valence-electron chi connectivity index (χ1n) is 4.59. The molecule has 0 amide bonds. The number of rotatable bonds is 2. The van der Waals surface area contributed by atoms with Gasteiger partial charge in [0.1, 0.15) is 13.2 Å². The molecule has 0 bridgehead atoms. The topological polar surface area (TPSA) is 44.5 Å². The van der Waals surface area contributed by atoms with Crippen LogP contribution in [0.5, 0.6) is 11.5 Å². The third-order valence-corrected chi connectivity index (χ3v) is 2.09. The fourth-order valence-electron chi connectivity index (χ4n) is 1.48. The predicted molar refractivity (Wildman–Crippen MR) is 57.4 cm³/mol. The minimum Gasteiger partial charge on any atom is -0.486 e. The van der Waals surface area contributed by atoms with E-state index < -0.39 is 0 Å². The fraction of sp³-hybridized carbons (Fsp3) is 0.400. The monoisotopic (exact) mass is 233 g/mol. The zero-order chi connectivity index (χ0) is 9.97.